The van der Waals surface area contributed by atoms with E-state index in [2.05, 4.69) is 23.6 Å². The molecule has 4 nitrogen and oxygen atoms in total. The van der Waals surface area contributed by atoms with Gasteiger partial charge in [0.2, 0.25) is 0 Å². The van der Waals surface area contributed by atoms with Gasteiger partial charge in [-0.1, -0.05) is 0 Å². The molecule has 1 aromatic carbocycles. The Bertz CT molecular complexity index is 740. The number of hydrogen-bond donors (Lipinski definition) is 0. The molecule has 0 aliphatic carbocycles. The molecule has 1 aliphatic heterocycles. The first-order valence-corrected chi connectivity index (χ1v) is 7.20. The minimum atomic E-state index is -0.263. The van der Waals surface area contributed by atoms with Crippen LogP contribution in [0.2, 0.25) is 0 Å². The van der Waals surface area contributed by atoms with Crippen molar-refractivity contribution >= 4 is 22.4 Å². The zero-order valence-electron chi connectivity index (χ0n) is 12.6. The van der Waals surface area contributed by atoms with Gasteiger partial charge in [0, 0.05) is 34.8 Å². The number of esters is 1. The molecule has 3 rings (SSSR count). The summed E-state index contributed by atoms with van der Waals surface area (Å²) in [6, 6.07) is 6.22. The number of ether oxygens (including phenoxy) is 2. The lowest BCUT2D eigenvalue weighted by atomic mass is 10.1. The standard InChI is InChI=1S/C17H19NO3/c1-4-21-17(19)9-12-7-8-18-14-5-6-16(20-3)11(2)13(14)10-15(12)18/h5-6,9-10H,4,7-8H2,1-3H3. The van der Waals surface area contributed by atoms with Crippen LogP contribution in [0.25, 0.3) is 16.5 Å². The zero-order chi connectivity index (χ0) is 15.0. The molecule has 0 fully saturated rings. The first kappa shape index (κ1) is 13.7. The maximum atomic E-state index is 11.7. The van der Waals surface area contributed by atoms with Crippen LogP contribution in [0.4, 0.5) is 0 Å². The Morgan fingerprint density at radius 3 is 2.95 bits per heavy atom. The normalized spacial score (nSPS) is 15.5. The van der Waals surface area contributed by atoms with Crippen LogP contribution in [-0.4, -0.2) is 24.3 Å². The summed E-state index contributed by atoms with van der Waals surface area (Å²) in [5, 5.41) is 1.18. The van der Waals surface area contributed by atoms with E-state index < -0.39 is 0 Å². The molecule has 1 aromatic heterocycles. The molecular weight excluding hydrogens is 266 g/mol. The molecule has 0 bridgehead atoms. The number of aromatic nitrogens is 1. The first-order chi connectivity index (χ1) is 10.2. The number of aryl methyl sites for hydroxylation is 2. The van der Waals surface area contributed by atoms with E-state index in [9.17, 15) is 4.79 Å². The van der Waals surface area contributed by atoms with Gasteiger partial charge >= 0.3 is 5.97 Å². The molecular formula is C17H19NO3. The van der Waals surface area contributed by atoms with E-state index in [4.69, 9.17) is 9.47 Å². The van der Waals surface area contributed by atoms with Crippen LogP contribution in [0.1, 0.15) is 24.6 Å². The Hall–Kier alpha value is -2.23. The molecule has 0 amide bonds. The smallest absolute Gasteiger partial charge is 0.331 e. The number of methoxy groups -OCH3 is 1. The summed E-state index contributed by atoms with van der Waals surface area (Å²) in [5.41, 5.74) is 4.47. The van der Waals surface area contributed by atoms with Gasteiger partial charge in [-0.2, -0.15) is 0 Å². The van der Waals surface area contributed by atoms with Crippen molar-refractivity contribution in [2.24, 2.45) is 0 Å². The lowest BCUT2D eigenvalue weighted by molar-refractivity contribution is -0.137. The number of carbonyl (C=O) groups excluding carboxylic acids is 1. The van der Waals surface area contributed by atoms with E-state index >= 15 is 0 Å². The molecule has 0 unspecified atom stereocenters. The third-order valence-corrected chi connectivity index (χ3v) is 4.04. The number of nitrogens with zero attached hydrogens (tertiary/aromatic N) is 1. The summed E-state index contributed by atoms with van der Waals surface area (Å²) in [4.78, 5) is 11.7. The summed E-state index contributed by atoms with van der Waals surface area (Å²) in [6.45, 7) is 5.18. The van der Waals surface area contributed by atoms with E-state index in [0.29, 0.717) is 6.61 Å². The predicted octanol–water partition coefficient (Wildman–Crippen LogP) is 3.31. The summed E-state index contributed by atoms with van der Waals surface area (Å²) in [5.74, 6) is 0.628. The topological polar surface area (TPSA) is 40.5 Å². The Kier molecular flexibility index (Phi) is 3.45. The molecule has 0 radical (unpaired) electrons. The third kappa shape index (κ3) is 2.20. The van der Waals surface area contributed by atoms with E-state index in [1.807, 2.05) is 13.0 Å². The minimum Gasteiger partial charge on any atom is -0.496 e. The van der Waals surface area contributed by atoms with Crippen molar-refractivity contribution in [3.63, 3.8) is 0 Å². The van der Waals surface area contributed by atoms with Gasteiger partial charge in [-0.3, -0.25) is 0 Å². The molecule has 110 valence electrons. The lowest BCUT2D eigenvalue weighted by Crippen LogP contribution is -2.00. The van der Waals surface area contributed by atoms with Crippen LogP contribution in [0.5, 0.6) is 5.75 Å². The highest BCUT2D eigenvalue weighted by Gasteiger charge is 2.21. The molecule has 0 spiro atoms. The van der Waals surface area contributed by atoms with Crippen LogP contribution in [0.3, 0.4) is 0 Å². The van der Waals surface area contributed by atoms with Crippen molar-refractivity contribution in [3.8, 4) is 5.75 Å². The van der Waals surface area contributed by atoms with Gasteiger partial charge < -0.3 is 14.0 Å². The number of benzene rings is 1. The summed E-state index contributed by atoms with van der Waals surface area (Å²) >= 11 is 0. The predicted molar refractivity (Wildman–Crippen MR) is 82.5 cm³/mol. The highest BCUT2D eigenvalue weighted by molar-refractivity contribution is 5.96. The fourth-order valence-electron chi connectivity index (χ4n) is 3.02. The molecule has 2 heterocycles. The van der Waals surface area contributed by atoms with Crippen molar-refractivity contribution < 1.29 is 14.3 Å². The van der Waals surface area contributed by atoms with E-state index in [-0.39, 0.29) is 5.97 Å². The number of allylic oxidation sites excluding steroid dienone is 1. The highest BCUT2D eigenvalue weighted by Crippen LogP contribution is 2.37. The van der Waals surface area contributed by atoms with E-state index in [1.54, 1.807) is 13.2 Å². The molecule has 21 heavy (non-hydrogen) atoms. The average Bonchev–Trinajstić information content (AvgIpc) is 3.01. The van der Waals surface area contributed by atoms with Crippen LogP contribution >= 0.6 is 0 Å². The summed E-state index contributed by atoms with van der Waals surface area (Å²) in [7, 11) is 1.68. The second kappa shape index (κ2) is 5.28. The molecule has 1 aliphatic rings. The second-order valence-corrected chi connectivity index (χ2v) is 5.18. The molecule has 0 atom stereocenters. The van der Waals surface area contributed by atoms with Crippen molar-refractivity contribution in [2.75, 3.05) is 13.7 Å². The molecule has 0 saturated heterocycles. The monoisotopic (exact) mass is 285 g/mol. The number of hydrogen-bond acceptors (Lipinski definition) is 3. The number of rotatable bonds is 3. The quantitative estimate of drug-likeness (QED) is 0.641. The van der Waals surface area contributed by atoms with E-state index in [1.165, 1.54) is 10.9 Å². The van der Waals surface area contributed by atoms with Crippen LogP contribution < -0.4 is 4.74 Å². The number of carbonyl (C=O) groups is 1. The van der Waals surface area contributed by atoms with Gasteiger partial charge in [-0.25, -0.2) is 4.79 Å². The van der Waals surface area contributed by atoms with Gasteiger partial charge in [0.15, 0.2) is 0 Å². The van der Waals surface area contributed by atoms with Gasteiger partial charge in [-0.05, 0) is 44.0 Å². The Morgan fingerprint density at radius 2 is 2.24 bits per heavy atom. The van der Waals surface area contributed by atoms with Gasteiger partial charge in [0.05, 0.1) is 13.7 Å². The summed E-state index contributed by atoms with van der Waals surface area (Å²) < 4.78 is 12.6. The van der Waals surface area contributed by atoms with Crippen molar-refractivity contribution in [1.29, 1.82) is 0 Å². The summed E-state index contributed by atoms with van der Waals surface area (Å²) in [6.07, 6.45) is 2.49. The number of fused-ring (bicyclic) bond motifs is 3. The molecule has 2 aromatic rings. The molecule has 0 saturated carbocycles. The Morgan fingerprint density at radius 1 is 1.43 bits per heavy atom. The first-order valence-electron chi connectivity index (χ1n) is 7.20. The lowest BCUT2D eigenvalue weighted by Gasteiger charge is -2.06. The fourth-order valence-corrected chi connectivity index (χ4v) is 3.02. The second-order valence-electron chi connectivity index (χ2n) is 5.18. The fraction of sp³-hybridized carbons (Fsp3) is 0.353. The van der Waals surface area contributed by atoms with Gasteiger partial charge in [0.1, 0.15) is 5.75 Å². The van der Waals surface area contributed by atoms with E-state index in [0.717, 1.165) is 35.5 Å². The van der Waals surface area contributed by atoms with Gasteiger partial charge in [0.25, 0.3) is 0 Å². The maximum Gasteiger partial charge on any atom is 0.331 e. The van der Waals surface area contributed by atoms with Crippen LogP contribution in [-0.2, 0) is 16.1 Å². The van der Waals surface area contributed by atoms with Crippen LogP contribution in [0, 0.1) is 6.92 Å². The van der Waals surface area contributed by atoms with Crippen molar-refractivity contribution in [1.82, 2.24) is 4.57 Å². The minimum absolute atomic E-state index is 0.263. The van der Waals surface area contributed by atoms with Crippen molar-refractivity contribution in [2.45, 2.75) is 26.8 Å². The van der Waals surface area contributed by atoms with Crippen LogP contribution in [0.15, 0.2) is 24.3 Å². The Balaban J connectivity index is 2.09. The van der Waals surface area contributed by atoms with Crippen molar-refractivity contribution in [3.05, 3.63) is 35.5 Å². The molecule has 0 N–H and O–H groups in total. The highest BCUT2D eigenvalue weighted by atomic mass is 16.5. The third-order valence-electron chi connectivity index (χ3n) is 4.04. The SMILES string of the molecule is CCOC(=O)C=C1CCn2c1cc1c(C)c(OC)ccc12. The van der Waals surface area contributed by atoms with Gasteiger partial charge in [-0.15, -0.1) is 0 Å². The Labute approximate surface area is 124 Å². The molecule has 4 heteroatoms. The zero-order valence-corrected chi connectivity index (χ0v) is 12.6. The maximum absolute atomic E-state index is 11.7. The average molecular weight is 285 g/mol. The largest absolute Gasteiger partial charge is 0.496 e.